The molecule has 0 bridgehead atoms. The zero-order valence-corrected chi connectivity index (χ0v) is 14.0. The van der Waals surface area contributed by atoms with Crippen molar-refractivity contribution in [3.8, 4) is 0 Å². The Hall–Kier alpha value is -1.23. The zero-order valence-electron chi connectivity index (χ0n) is 11.7. The number of nitrogens with one attached hydrogen (secondary N) is 2. The quantitative estimate of drug-likeness (QED) is 0.774. The second-order valence-corrected chi connectivity index (χ2v) is 7.52. The van der Waals surface area contributed by atoms with Gasteiger partial charge in [0, 0.05) is 20.5 Å². The van der Waals surface area contributed by atoms with Gasteiger partial charge in [-0.25, -0.2) is 0 Å². The van der Waals surface area contributed by atoms with Crippen molar-refractivity contribution in [1.82, 2.24) is 5.32 Å². The topological polar surface area (TPSA) is 41.1 Å². The molecule has 0 radical (unpaired) electrons. The minimum absolute atomic E-state index is 0.0332. The van der Waals surface area contributed by atoms with Gasteiger partial charge < -0.3 is 10.6 Å². The lowest BCUT2D eigenvalue weighted by molar-refractivity contribution is 0.0935. The second kappa shape index (κ2) is 5.44. The number of carbonyl (C=O) groups excluding carboxylic acids is 1. The number of carbonyl (C=O) groups is 1. The summed E-state index contributed by atoms with van der Waals surface area (Å²) in [6, 6.07) is 5.37. The summed E-state index contributed by atoms with van der Waals surface area (Å²) in [6.45, 7) is 0. The summed E-state index contributed by atoms with van der Waals surface area (Å²) in [5.74, 6) is -0.0332. The largest absolute Gasteiger partial charge is 0.353 e. The summed E-state index contributed by atoms with van der Waals surface area (Å²) in [4.78, 5) is 13.9. The van der Waals surface area contributed by atoms with Crippen LogP contribution in [0.5, 0.6) is 0 Å². The van der Waals surface area contributed by atoms with Crippen LogP contribution in [0.1, 0.15) is 45.4 Å². The van der Waals surface area contributed by atoms with Crippen molar-refractivity contribution < 1.29 is 4.79 Å². The molecule has 114 valence electrons. The molecule has 22 heavy (non-hydrogen) atoms. The van der Waals surface area contributed by atoms with E-state index >= 15 is 0 Å². The van der Waals surface area contributed by atoms with Crippen molar-refractivity contribution in [2.24, 2.45) is 0 Å². The highest BCUT2D eigenvalue weighted by Gasteiger charge is 2.33. The molecule has 1 unspecified atom stereocenters. The van der Waals surface area contributed by atoms with Crippen molar-refractivity contribution >= 4 is 45.4 Å². The molecule has 0 saturated heterocycles. The number of aryl methyl sites for hydroxylation is 1. The molecule has 1 aromatic carbocycles. The van der Waals surface area contributed by atoms with E-state index in [1.807, 2.05) is 0 Å². The first kappa shape index (κ1) is 14.4. The number of rotatable bonds is 1. The van der Waals surface area contributed by atoms with Crippen LogP contribution < -0.4 is 10.6 Å². The minimum Gasteiger partial charge on any atom is -0.353 e. The normalized spacial score (nSPS) is 19.9. The third-order valence-electron chi connectivity index (χ3n) is 4.24. The first-order valence-corrected chi connectivity index (χ1v) is 8.88. The molecule has 0 spiro atoms. The molecule has 2 aliphatic rings. The number of thiophene rings is 1. The molecule has 2 aromatic rings. The Bertz CT molecular complexity index is 751. The van der Waals surface area contributed by atoms with Crippen LogP contribution in [-0.4, -0.2) is 5.91 Å². The third-order valence-corrected chi connectivity index (χ3v) is 6.12. The lowest BCUT2D eigenvalue weighted by atomic mass is 9.94. The van der Waals surface area contributed by atoms with Crippen molar-refractivity contribution in [2.45, 2.75) is 31.8 Å². The van der Waals surface area contributed by atoms with E-state index in [1.54, 1.807) is 29.5 Å². The van der Waals surface area contributed by atoms with E-state index in [1.165, 1.54) is 16.9 Å². The Morgan fingerprint density at radius 3 is 2.59 bits per heavy atom. The van der Waals surface area contributed by atoms with Crippen LogP contribution in [0, 0.1) is 0 Å². The predicted octanol–water partition coefficient (Wildman–Crippen LogP) is 4.79. The van der Waals surface area contributed by atoms with Crippen LogP contribution in [0.15, 0.2) is 18.2 Å². The Morgan fingerprint density at radius 1 is 1.09 bits per heavy atom. The minimum atomic E-state index is -0.388. The maximum atomic E-state index is 12.6. The lowest BCUT2D eigenvalue weighted by Crippen LogP contribution is -2.38. The van der Waals surface area contributed by atoms with Gasteiger partial charge in [0.2, 0.25) is 0 Å². The SMILES string of the molecule is O=C1NC(c2c(Cl)cccc2Cl)Nc2sc3c(c21)CCCC3. The van der Waals surface area contributed by atoms with Crippen LogP contribution in [0.2, 0.25) is 10.0 Å². The fourth-order valence-corrected chi connectivity index (χ4v) is 5.14. The number of hydrogen-bond donors (Lipinski definition) is 2. The van der Waals surface area contributed by atoms with Gasteiger partial charge in [0.25, 0.3) is 5.91 Å². The van der Waals surface area contributed by atoms with Crippen molar-refractivity contribution in [3.05, 3.63) is 49.8 Å². The van der Waals surface area contributed by atoms with Crippen LogP contribution in [0.25, 0.3) is 0 Å². The molecule has 1 aliphatic carbocycles. The Labute approximate surface area is 142 Å². The van der Waals surface area contributed by atoms with Gasteiger partial charge in [-0.05, 0) is 43.4 Å². The molecule has 0 fully saturated rings. The van der Waals surface area contributed by atoms with Gasteiger partial charge >= 0.3 is 0 Å². The highest BCUT2D eigenvalue weighted by Crippen LogP contribution is 2.42. The average Bonchev–Trinajstić information content (AvgIpc) is 2.85. The Morgan fingerprint density at radius 2 is 1.82 bits per heavy atom. The predicted molar refractivity (Wildman–Crippen MR) is 91.3 cm³/mol. The molecular formula is C16H14Cl2N2OS. The maximum absolute atomic E-state index is 12.6. The summed E-state index contributed by atoms with van der Waals surface area (Å²) >= 11 is 14.2. The Kier molecular flexibility index (Phi) is 3.56. The van der Waals surface area contributed by atoms with Crippen molar-refractivity contribution in [1.29, 1.82) is 0 Å². The molecule has 6 heteroatoms. The van der Waals surface area contributed by atoms with Gasteiger partial charge in [-0.3, -0.25) is 4.79 Å². The summed E-state index contributed by atoms with van der Waals surface area (Å²) < 4.78 is 0. The molecule has 4 rings (SSSR count). The first-order valence-electron chi connectivity index (χ1n) is 7.31. The number of halogens is 2. The third kappa shape index (κ3) is 2.21. The first-order chi connectivity index (χ1) is 10.6. The molecule has 3 nitrogen and oxygen atoms in total. The fraction of sp³-hybridized carbons (Fsp3) is 0.312. The lowest BCUT2D eigenvalue weighted by Gasteiger charge is -2.28. The van der Waals surface area contributed by atoms with Gasteiger partial charge in [0.05, 0.1) is 5.56 Å². The number of benzene rings is 1. The molecule has 1 atom stereocenters. The maximum Gasteiger partial charge on any atom is 0.256 e. The van der Waals surface area contributed by atoms with Gasteiger partial charge in [-0.1, -0.05) is 29.3 Å². The summed E-state index contributed by atoms with van der Waals surface area (Å²) in [6.07, 6.45) is 4.03. The van der Waals surface area contributed by atoms with Crippen molar-refractivity contribution in [3.63, 3.8) is 0 Å². The van der Waals surface area contributed by atoms with E-state index in [9.17, 15) is 4.79 Å². The van der Waals surface area contributed by atoms with Crippen molar-refractivity contribution in [2.75, 3.05) is 5.32 Å². The molecule has 0 saturated carbocycles. The van der Waals surface area contributed by atoms with Crippen LogP contribution in [0.3, 0.4) is 0 Å². The van der Waals surface area contributed by atoms with Crippen LogP contribution in [0.4, 0.5) is 5.00 Å². The molecule has 2 heterocycles. The van der Waals surface area contributed by atoms with E-state index in [4.69, 9.17) is 23.2 Å². The summed E-state index contributed by atoms with van der Waals surface area (Å²) in [5, 5.41) is 8.44. The van der Waals surface area contributed by atoms with Gasteiger partial charge in [0.1, 0.15) is 11.2 Å². The number of amides is 1. The van der Waals surface area contributed by atoms with E-state index < -0.39 is 0 Å². The molecule has 1 aromatic heterocycles. The fourth-order valence-electron chi connectivity index (χ4n) is 3.21. The zero-order chi connectivity index (χ0) is 15.3. The molecular weight excluding hydrogens is 339 g/mol. The average molecular weight is 353 g/mol. The van der Waals surface area contributed by atoms with Gasteiger partial charge in [-0.15, -0.1) is 11.3 Å². The van der Waals surface area contributed by atoms with Gasteiger partial charge in [-0.2, -0.15) is 0 Å². The van der Waals surface area contributed by atoms with E-state index in [-0.39, 0.29) is 12.1 Å². The highest BCUT2D eigenvalue weighted by atomic mass is 35.5. The smallest absolute Gasteiger partial charge is 0.256 e. The number of hydrogen-bond acceptors (Lipinski definition) is 3. The molecule has 1 amide bonds. The summed E-state index contributed by atoms with van der Waals surface area (Å²) in [5.41, 5.74) is 2.76. The summed E-state index contributed by atoms with van der Waals surface area (Å²) in [7, 11) is 0. The van der Waals surface area contributed by atoms with Crippen LogP contribution >= 0.6 is 34.5 Å². The molecule has 2 N–H and O–H groups in total. The molecule has 1 aliphatic heterocycles. The van der Waals surface area contributed by atoms with Gasteiger partial charge in [0.15, 0.2) is 0 Å². The van der Waals surface area contributed by atoms with E-state index in [0.29, 0.717) is 10.0 Å². The van der Waals surface area contributed by atoms with Crippen LogP contribution in [-0.2, 0) is 12.8 Å². The second-order valence-electron chi connectivity index (χ2n) is 5.60. The van der Waals surface area contributed by atoms with E-state index in [0.717, 1.165) is 35.4 Å². The van der Waals surface area contributed by atoms with E-state index in [2.05, 4.69) is 10.6 Å². The monoisotopic (exact) mass is 352 g/mol. The highest BCUT2D eigenvalue weighted by molar-refractivity contribution is 7.16. The number of anilines is 1. The Balaban J connectivity index is 1.76. The number of fused-ring (bicyclic) bond motifs is 3. The standard InChI is InChI=1S/C16H14Cl2N2OS/c17-9-5-3-6-10(18)13(9)14-19-15(21)12-8-4-1-2-7-11(8)22-16(12)20-14/h3,5-6,14,20H,1-2,4,7H2,(H,19,21).